The van der Waals surface area contributed by atoms with Crippen molar-refractivity contribution in [1.82, 2.24) is 20.2 Å². The number of anilines is 1. The molecule has 0 bridgehead atoms. The Morgan fingerprint density at radius 3 is 2.70 bits per heavy atom. The fraction of sp³-hybridized carbons (Fsp3) is 0.208. The van der Waals surface area contributed by atoms with Crippen molar-refractivity contribution in [2.24, 2.45) is 5.16 Å². The third-order valence-electron chi connectivity index (χ3n) is 6.00. The minimum atomic E-state index is -1.19. The number of β-lactam (4-membered cyclic amide) rings is 1. The molecule has 2 aliphatic rings. The molecule has 12 nitrogen and oxygen atoms in total. The molecule has 0 spiro atoms. The van der Waals surface area contributed by atoms with E-state index in [2.05, 4.69) is 20.4 Å². The first-order valence-electron chi connectivity index (χ1n) is 11.1. The van der Waals surface area contributed by atoms with Crippen molar-refractivity contribution in [3.63, 3.8) is 0 Å². The standard InChI is InChI=1S/C24H21N7O5S/c1-36-29-17(15-8-26-24(25)27-9-15)20(32)28-18-21(33)31-19(23(34)35)16(12-37-22(18)31)11-30-7-6-13-4-2-3-5-14(13)10-30/h2-10,18,22H,11-12H2,1H3,(H3-,25,26,27,28,29,32,34,35)/p+1/t18?,22-/m1/s1. The third-order valence-corrected chi connectivity index (χ3v) is 7.34. The van der Waals surface area contributed by atoms with Gasteiger partial charge in [-0.1, -0.05) is 23.4 Å². The van der Waals surface area contributed by atoms with Crippen LogP contribution in [0.5, 0.6) is 0 Å². The number of nitrogens with zero attached hydrogens (tertiary/aromatic N) is 5. The fourth-order valence-corrected chi connectivity index (χ4v) is 5.62. The number of carbonyl (C=O) groups excluding carboxylic acids is 2. The third kappa shape index (κ3) is 4.56. The summed E-state index contributed by atoms with van der Waals surface area (Å²) in [4.78, 5) is 51.9. The van der Waals surface area contributed by atoms with Crippen LogP contribution < -0.4 is 15.6 Å². The van der Waals surface area contributed by atoms with Gasteiger partial charge in [0.15, 0.2) is 24.7 Å². The number of rotatable bonds is 7. The molecule has 13 heteroatoms. The number of thioether (sulfide) groups is 1. The summed E-state index contributed by atoms with van der Waals surface area (Å²) in [7, 11) is 1.28. The first-order valence-corrected chi connectivity index (χ1v) is 12.2. The minimum absolute atomic E-state index is 0.0231. The number of amides is 2. The second-order valence-corrected chi connectivity index (χ2v) is 9.42. The smallest absolute Gasteiger partial charge is 0.352 e. The van der Waals surface area contributed by atoms with Gasteiger partial charge < -0.3 is 21.0 Å². The molecule has 4 N–H and O–H groups in total. The Labute approximate surface area is 214 Å². The van der Waals surface area contributed by atoms with Gasteiger partial charge >= 0.3 is 5.97 Å². The lowest BCUT2D eigenvalue weighted by molar-refractivity contribution is -0.687. The van der Waals surface area contributed by atoms with Crippen molar-refractivity contribution in [2.75, 3.05) is 18.6 Å². The normalized spacial score (nSPS) is 19.3. The number of hydrogen-bond acceptors (Lipinski definition) is 9. The average molecular weight is 521 g/mol. The van der Waals surface area contributed by atoms with Crippen molar-refractivity contribution in [1.29, 1.82) is 0 Å². The number of nitrogens with one attached hydrogen (secondary N) is 1. The van der Waals surface area contributed by atoms with Gasteiger partial charge in [-0.15, -0.1) is 11.8 Å². The Balaban J connectivity index is 1.36. The Bertz CT molecular complexity index is 1470. The quantitative estimate of drug-likeness (QED) is 0.172. The zero-order valence-corrected chi connectivity index (χ0v) is 20.4. The van der Waals surface area contributed by atoms with E-state index in [4.69, 9.17) is 10.6 Å². The number of pyridine rings is 1. The molecule has 37 heavy (non-hydrogen) atoms. The molecule has 2 atom stereocenters. The van der Waals surface area contributed by atoms with Gasteiger partial charge in [-0.3, -0.25) is 14.5 Å². The Hall–Kier alpha value is -4.52. The molecule has 0 aliphatic carbocycles. The number of benzene rings is 1. The number of aromatic nitrogens is 3. The first kappa shape index (κ1) is 24.2. The molecule has 3 aromatic rings. The van der Waals surface area contributed by atoms with Crippen LogP contribution in [0, 0.1) is 0 Å². The average Bonchev–Trinajstić information content (AvgIpc) is 2.90. The molecule has 0 radical (unpaired) electrons. The van der Waals surface area contributed by atoms with Crippen LogP contribution >= 0.6 is 11.8 Å². The summed E-state index contributed by atoms with van der Waals surface area (Å²) in [6, 6.07) is 8.89. The van der Waals surface area contributed by atoms with Crippen molar-refractivity contribution >= 4 is 52.0 Å². The van der Waals surface area contributed by atoms with Crippen molar-refractivity contribution in [3.8, 4) is 0 Å². The maximum atomic E-state index is 13.1. The molecule has 0 saturated carbocycles. The van der Waals surface area contributed by atoms with E-state index in [1.165, 1.54) is 36.2 Å². The molecule has 1 fully saturated rings. The van der Waals surface area contributed by atoms with E-state index in [-0.39, 0.29) is 22.9 Å². The predicted octanol–water partition coefficient (Wildman–Crippen LogP) is 0.289. The van der Waals surface area contributed by atoms with Crippen LogP contribution in [-0.2, 0) is 25.8 Å². The largest absolute Gasteiger partial charge is 0.477 e. The van der Waals surface area contributed by atoms with E-state index >= 15 is 0 Å². The lowest BCUT2D eigenvalue weighted by atomic mass is 10.0. The molecule has 1 saturated heterocycles. The van der Waals surface area contributed by atoms with Crippen LogP contribution in [-0.4, -0.2) is 67.7 Å². The number of carboxylic acid groups (broad SMARTS) is 1. The van der Waals surface area contributed by atoms with Gasteiger partial charge in [0.25, 0.3) is 11.8 Å². The topological polar surface area (TPSA) is 164 Å². The number of nitrogens with two attached hydrogens (primary N) is 1. The summed E-state index contributed by atoms with van der Waals surface area (Å²) < 4.78 is 1.90. The maximum Gasteiger partial charge on any atom is 0.352 e. The molecule has 1 aromatic carbocycles. The molecular formula is C24H22N7O5S+. The minimum Gasteiger partial charge on any atom is -0.477 e. The van der Waals surface area contributed by atoms with Gasteiger partial charge in [0, 0.05) is 40.7 Å². The van der Waals surface area contributed by atoms with E-state index in [9.17, 15) is 19.5 Å². The van der Waals surface area contributed by atoms with E-state index in [1.807, 2.05) is 47.3 Å². The summed E-state index contributed by atoms with van der Waals surface area (Å²) in [5.41, 5.74) is 6.15. The summed E-state index contributed by atoms with van der Waals surface area (Å²) in [5.74, 6) is -2.00. The highest BCUT2D eigenvalue weighted by molar-refractivity contribution is 8.00. The Morgan fingerprint density at radius 2 is 2.00 bits per heavy atom. The summed E-state index contributed by atoms with van der Waals surface area (Å²) in [6.07, 6.45) is 6.44. The molecule has 2 aromatic heterocycles. The number of hydrogen-bond donors (Lipinski definition) is 3. The fourth-order valence-electron chi connectivity index (χ4n) is 4.29. The van der Waals surface area contributed by atoms with Gasteiger partial charge in [-0.2, -0.15) is 0 Å². The second-order valence-electron chi connectivity index (χ2n) is 8.32. The van der Waals surface area contributed by atoms with Crippen LogP contribution in [0.2, 0.25) is 0 Å². The molecule has 188 valence electrons. The van der Waals surface area contributed by atoms with Crippen LogP contribution in [0.1, 0.15) is 5.56 Å². The number of aliphatic carboxylic acids is 1. The Kier molecular flexibility index (Phi) is 6.44. The lowest BCUT2D eigenvalue weighted by Crippen LogP contribution is -2.71. The monoisotopic (exact) mass is 520 g/mol. The van der Waals surface area contributed by atoms with E-state index < -0.39 is 29.2 Å². The molecule has 2 amide bonds. The van der Waals surface area contributed by atoms with Gasteiger partial charge in [0.2, 0.25) is 5.95 Å². The highest BCUT2D eigenvalue weighted by atomic mass is 32.2. The molecule has 4 heterocycles. The van der Waals surface area contributed by atoms with Gasteiger partial charge in [-0.25, -0.2) is 19.3 Å². The zero-order chi connectivity index (χ0) is 26.1. The van der Waals surface area contributed by atoms with Gasteiger partial charge in [0.1, 0.15) is 24.2 Å². The van der Waals surface area contributed by atoms with Crippen molar-refractivity contribution in [3.05, 3.63) is 72.0 Å². The number of carbonyl (C=O) groups is 3. The maximum absolute atomic E-state index is 13.1. The lowest BCUT2D eigenvalue weighted by Gasteiger charge is -2.49. The van der Waals surface area contributed by atoms with E-state index in [0.29, 0.717) is 17.9 Å². The summed E-state index contributed by atoms with van der Waals surface area (Å²) >= 11 is 1.39. The number of nitrogen functional groups attached to an aromatic ring is 1. The first-order chi connectivity index (χ1) is 17.9. The van der Waals surface area contributed by atoms with E-state index in [0.717, 1.165) is 10.8 Å². The molecule has 5 rings (SSSR count). The van der Waals surface area contributed by atoms with E-state index in [1.54, 1.807) is 0 Å². The predicted molar refractivity (Wildman–Crippen MR) is 134 cm³/mol. The van der Waals surface area contributed by atoms with Crippen LogP contribution in [0.15, 0.2) is 71.5 Å². The summed E-state index contributed by atoms with van der Waals surface area (Å²) in [5, 5.41) is 17.9. The zero-order valence-electron chi connectivity index (χ0n) is 19.6. The van der Waals surface area contributed by atoms with Crippen LogP contribution in [0.25, 0.3) is 10.8 Å². The van der Waals surface area contributed by atoms with Gasteiger partial charge in [-0.05, 0) is 11.5 Å². The van der Waals surface area contributed by atoms with Crippen LogP contribution in [0.4, 0.5) is 5.95 Å². The number of carboxylic acids is 1. The summed E-state index contributed by atoms with van der Waals surface area (Å²) in [6.45, 7) is 0.314. The van der Waals surface area contributed by atoms with Crippen molar-refractivity contribution < 1.29 is 28.9 Å². The molecule has 1 unspecified atom stereocenters. The molecule has 2 aliphatic heterocycles. The highest BCUT2D eigenvalue weighted by Gasteiger charge is 2.54. The van der Waals surface area contributed by atoms with Gasteiger partial charge in [0.05, 0.1) is 0 Å². The Morgan fingerprint density at radius 1 is 1.27 bits per heavy atom. The second kappa shape index (κ2) is 9.85. The highest BCUT2D eigenvalue weighted by Crippen LogP contribution is 2.40. The number of oxime groups is 1. The SMILES string of the molecule is CO/N=C(\C(=O)NC1C(=O)N2C(C(=O)O)=C(C[n+]3ccc4ccccc4c3)CS[C@H]12)c1cnc(N)nc1. The van der Waals surface area contributed by atoms with Crippen molar-refractivity contribution in [2.45, 2.75) is 18.0 Å². The van der Waals surface area contributed by atoms with Crippen LogP contribution in [0.3, 0.4) is 0 Å². The number of fused-ring (bicyclic) bond motifs is 2. The molecular weight excluding hydrogens is 498 g/mol.